The third-order valence-electron chi connectivity index (χ3n) is 5.10. The lowest BCUT2D eigenvalue weighted by molar-refractivity contribution is -0.125. The standard InChI is InChI=1S/C18H26N2O/c1-2-13-6-5-8-16(10-13)20-18(21)15-11-14-7-3-4-9-17(14)19-12-15/h3-4,7,9,13,15-16,19H,2,5-6,8,10-12H2,1H3,(H,20,21). The number of nitrogens with one attached hydrogen (secondary N) is 2. The van der Waals surface area contributed by atoms with Crippen molar-refractivity contribution in [2.45, 2.75) is 51.5 Å². The molecule has 114 valence electrons. The van der Waals surface area contributed by atoms with Crippen LogP contribution in [0.1, 0.15) is 44.6 Å². The minimum atomic E-state index is 0.0712. The monoisotopic (exact) mass is 286 g/mol. The second-order valence-corrected chi connectivity index (χ2v) is 6.59. The van der Waals surface area contributed by atoms with E-state index in [1.165, 1.54) is 36.9 Å². The van der Waals surface area contributed by atoms with Crippen molar-refractivity contribution in [1.82, 2.24) is 5.32 Å². The van der Waals surface area contributed by atoms with Crippen LogP contribution < -0.4 is 10.6 Å². The van der Waals surface area contributed by atoms with Crippen molar-refractivity contribution in [3.8, 4) is 0 Å². The summed E-state index contributed by atoms with van der Waals surface area (Å²) in [6, 6.07) is 8.70. The molecule has 0 aromatic heterocycles. The Balaban J connectivity index is 1.57. The zero-order valence-electron chi connectivity index (χ0n) is 12.9. The number of rotatable bonds is 3. The van der Waals surface area contributed by atoms with E-state index in [2.05, 4.69) is 29.7 Å². The van der Waals surface area contributed by atoms with E-state index in [4.69, 9.17) is 0 Å². The van der Waals surface area contributed by atoms with Crippen LogP contribution in [-0.2, 0) is 11.2 Å². The number of para-hydroxylation sites is 1. The van der Waals surface area contributed by atoms with Crippen LogP contribution in [0.5, 0.6) is 0 Å². The molecule has 2 N–H and O–H groups in total. The molecule has 1 heterocycles. The number of anilines is 1. The largest absolute Gasteiger partial charge is 0.384 e. The second-order valence-electron chi connectivity index (χ2n) is 6.59. The molecule has 3 nitrogen and oxygen atoms in total. The highest BCUT2D eigenvalue weighted by atomic mass is 16.2. The molecule has 0 spiro atoms. The van der Waals surface area contributed by atoms with Crippen molar-refractivity contribution >= 4 is 11.6 Å². The van der Waals surface area contributed by atoms with Gasteiger partial charge < -0.3 is 10.6 Å². The van der Waals surface area contributed by atoms with Gasteiger partial charge in [-0.15, -0.1) is 0 Å². The average molecular weight is 286 g/mol. The van der Waals surface area contributed by atoms with Crippen molar-refractivity contribution in [2.75, 3.05) is 11.9 Å². The lowest BCUT2D eigenvalue weighted by Gasteiger charge is -2.31. The Kier molecular flexibility index (Phi) is 4.47. The molecule has 1 aromatic carbocycles. The predicted octanol–water partition coefficient (Wildman–Crippen LogP) is 3.36. The summed E-state index contributed by atoms with van der Waals surface area (Å²) >= 11 is 0. The third-order valence-corrected chi connectivity index (χ3v) is 5.10. The quantitative estimate of drug-likeness (QED) is 0.894. The van der Waals surface area contributed by atoms with Crippen LogP contribution in [0.3, 0.4) is 0 Å². The van der Waals surface area contributed by atoms with Crippen LogP contribution in [-0.4, -0.2) is 18.5 Å². The first-order valence-electron chi connectivity index (χ1n) is 8.38. The number of benzene rings is 1. The van der Waals surface area contributed by atoms with Crippen LogP contribution in [0, 0.1) is 11.8 Å². The lowest BCUT2D eigenvalue weighted by atomic mass is 9.83. The summed E-state index contributed by atoms with van der Waals surface area (Å²) in [4.78, 5) is 12.5. The van der Waals surface area contributed by atoms with E-state index in [1.807, 2.05) is 12.1 Å². The summed E-state index contributed by atoms with van der Waals surface area (Å²) < 4.78 is 0. The minimum Gasteiger partial charge on any atom is -0.384 e. The van der Waals surface area contributed by atoms with E-state index in [-0.39, 0.29) is 11.8 Å². The summed E-state index contributed by atoms with van der Waals surface area (Å²) in [5.41, 5.74) is 2.45. The Morgan fingerprint density at radius 2 is 2.19 bits per heavy atom. The maximum absolute atomic E-state index is 12.5. The molecule has 0 radical (unpaired) electrons. The van der Waals surface area contributed by atoms with Crippen LogP contribution in [0.2, 0.25) is 0 Å². The summed E-state index contributed by atoms with van der Waals surface area (Å²) in [6.45, 7) is 3.02. The molecule has 1 fully saturated rings. The van der Waals surface area contributed by atoms with E-state index in [1.54, 1.807) is 0 Å². The third kappa shape index (κ3) is 3.39. The van der Waals surface area contributed by atoms with Gasteiger partial charge in [-0.05, 0) is 36.8 Å². The molecule has 3 unspecified atom stereocenters. The number of fused-ring (bicyclic) bond motifs is 1. The van der Waals surface area contributed by atoms with Gasteiger partial charge in [0, 0.05) is 18.3 Å². The molecule has 0 saturated heterocycles. The Bertz CT molecular complexity index is 500. The first-order chi connectivity index (χ1) is 10.3. The summed E-state index contributed by atoms with van der Waals surface area (Å²) in [7, 11) is 0. The van der Waals surface area contributed by atoms with Gasteiger partial charge in [0.1, 0.15) is 0 Å². The molecule has 1 aliphatic carbocycles. The van der Waals surface area contributed by atoms with Gasteiger partial charge >= 0.3 is 0 Å². The molecule has 1 amide bonds. The maximum Gasteiger partial charge on any atom is 0.225 e. The fourth-order valence-corrected chi connectivity index (χ4v) is 3.74. The summed E-state index contributed by atoms with van der Waals surface area (Å²) in [6.07, 6.45) is 7.01. The second kappa shape index (κ2) is 6.50. The molecule has 0 bridgehead atoms. The smallest absolute Gasteiger partial charge is 0.225 e. The van der Waals surface area contributed by atoms with E-state index >= 15 is 0 Å². The zero-order chi connectivity index (χ0) is 14.7. The Morgan fingerprint density at radius 3 is 3.05 bits per heavy atom. The highest BCUT2D eigenvalue weighted by Crippen LogP contribution is 2.28. The van der Waals surface area contributed by atoms with Crippen LogP contribution in [0.4, 0.5) is 5.69 Å². The SMILES string of the molecule is CCC1CCCC(NC(=O)C2CNc3ccccc3C2)C1. The maximum atomic E-state index is 12.5. The Labute approximate surface area is 127 Å². The topological polar surface area (TPSA) is 41.1 Å². The van der Waals surface area contributed by atoms with Gasteiger partial charge in [0.05, 0.1) is 5.92 Å². The van der Waals surface area contributed by atoms with Crippen molar-refractivity contribution in [3.05, 3.63) is 29.8 Å². The molecular weight excluding hydrogens is 260 g/mol. The first kappa shape index (κ1) is 14.4. The molecule has 2 aliphatic rings. The highest BCUT2D eigenvalue weighted by Gasteiger charge is 2.28. The van der Waals surface area contributed by atoms with E-state index in [0.29, 0.717) is 6.04 Å². The molecule has 1 aromatic rings. The molecular formula is C18H26N2O. The van der Waals surface area contributed by atoms with E-state index < -0.39 is 0 Å². The van der Waals surface area contributed by atoms with Gasteiger partial charge in [0.25, 0.3) is 0 Å². The van der Waals surface area contributed by atoms with Gasteiger partial charge in [-0.25, -0.2) is 0 Å². The average Bonchev–Trinajstić information content (AvgIpc) is 2.54. The minimum absolute atomic E-state index is 0.0712. The Hall–Kier alpha value is -1.51. The number of carbonyl (C=O) groups is 1. The lowest BCUT2D eigenvalue weighted by Crippen LogP contribution is -2.44. The molecule has 3 rings (SSSR count). The molecule has 3 atom stereocenters. The van der Waals surface area contributed by atoms with Crippen molar-refractivity contribution in [2.24, 2.45) is 11.8 Å². The summed E-state index contributed by atoms with van der Waals surface area (Å²) in [5.74, 6) is 1.11. The number of carbonyl (C=O) groups excluding carboxylic acids is 1. The molecule has 21 heavy (non-hydrogen) atoms. The van der Waals surface area contributed by atoms with Crippen LogP contribution >= 0.6 is 0 Å². The Morgan fingerprint density at radius 1 is 1.33 bits per heavy atom. The van der Waals surface area contributed by atoms with Crippen LogP contribution in [0.25, 0.3) is 0 Å². The fraction of sp³-hybridized carbons (Fsp3) is 0.611. The van der Waals surface area contributed by atoms with Crippen molar-refractivity contribution in [3.63, 3.8) is 0 Å². The van der Waals surface area contributed by atoms with Gasteiger partial charge in [-0.2, -0.15) is 0 Å². The molecule has 1 aliphatic heterocycles. The van der Waals surface area contributed by atoms with Gasteiger partial charge in [0.2, 0.25) is 5.91 Å². The van der Waals surface area contributed by atoms with E-state index in [0.717, 1.165) is 25.3 Å². The predicted molar refractivity (Wildman–Crippen MR) is 86.3 cm³/mol. The highest BCUT2D eigenvalue weighted by molar-refractivity contribution is 5.81. The number of hydrogen-bond acceptors (Lipinski definition) is 2. The van der Waals surface area contributed by atoms with E-state index in [9.17, 15) is 4.79 Å². The van der Waals surface area contributed by atoms with Gasteiger partial charge in [0.15, 0.2) is 0 Å². The number of hydrogen-bond donors (Lipinski definition) is 2. The molecule has 1 saturated carbocycles. The fourth-order valence-electron chi connectivity index (χ4n) is 3.74. The van der Waals surface area contributed by atoms with Gasteiger partial charge in [-0.3, -0.25) is 4.79 Å². The van der Waals surface area contributed by atoms with Crippen LogP contribution in [0.15, 0.2) is 24.3 Å². The molecule has 3 heteroatoms. The van der Waals surface area contributed by atoms with Crippen molar-refractivity contribution in [1.29, 1.82) is 0 Å². The number of amides is 1. The first-order valence-corrected chi connectivity index (χ1v) is 8.38. The normalized spacial score (nSPS) is 28.3. The summed E-state index contributed by atoms with van der Waals surface area (Å²) in [5, 5.41) is 6.69. The zero-order valence-corrected chi connectivity index (χ0v) is 12.9. The van der Waals surface area contributed by atoms with Crippen molar-refractivity contribution < 1.29 is 4.79 Å². The van der Waals surface area contributed by atoms with Gasteiger partial charge in [-0.1, -0.05) is 44.4 Å².